The summed E-state index contributed by atoms with van der Waals surface area (Å²) in [5, 5.41) is 52.8. The fraction of sp³-hybridized carbons (Fsp3) is 0.300. The number of thioether (sulfide) groups is 6. The molecule has 0 aromatic heterocycles. The minimum atomic E-state index is -0.899. The van der Waals surface area contributed by atoms with Gasteiger partial charge in [0.1, 0.15) is 23.3 Å². The van der Waals surface area contributed by atoms with E-state index in [-0.39, 0.29) is 61.1 Å². The Hall–Kier alpha value is -4.88. The smallest absolute Gasteiger partial charge is 0.313 e. The summed E-state index contributed by atoms with van der Waals surface area (Å²) in [6.07, 6.45) is 5.99. The molecule has 0 aliphatic heterocycles. The molecule has 468 valence electrons. The van der Waals surface area contributed by atoms with Crippen LogP contribution in [-0.4, -0.2) is 101 Å². The van der Waals surface area contributed by atoms with Crippen molar-refractivity contribution >= 4 is 153 Å². The molecule has 0 fully saturated rings. The Balaban J connectivity index is 0.000000517. The van der Waals surface area contributed by atoms with E-state index in [2.05, 4.69) is 0 Å². The second-order valence-corrected chi connectivity index (χ2v) is 25.6. The first-order valence-corrected chi connectivity index (χ1v) is 33.3. The minimum Gasteiger partial charge on any atom is -0.481 e. The normalized spacial score (nSPS) is 10.1. The van der Waals surface area contributed by atoms with E-state index in [1.54, 1.807) is 96.3 Å². The molecular weight excluding hydrogens is 1320 g/mol. The minimum absolute atomic E-state index is 0.0382. The van der Waals surface area contributed by atoms with Crippen molar-refractivity contribution in [3.05, 3.63) is 177 Å². The summed E-state index contributed by atoms with van der Waals surface area (Å²) in [6, 6.07) is 35.8. The van der Waals surface area contributed by atoms with Gasteiger partial charge in [-0.15, -0.1) is 70.6 Å². The number of rotatable bonds is 30. The van der Waals surface area contributed by atoms with Gasteiger partial charge in [-0.05, 0) is 170 Å². The van der Waals surface area contributed by atoms with Gasteiger partial charge in [-0.25, -0.2) is 17.6 Å². The van der Waals surface area contributed by atoms with Crippen LogP contribution in [0.2, 0.25) is 20.1 Å². The zero-order valence-electron chi connectivity index (χ0n) is 46.0. The van der Waals surface area contributed by atoms with Gasteiger partial charge in [0.05, 0.1) is 20.8 Å². The van der Waals surface area contributed by atoms with Crippen molar-refractivity contribution in [3.8, 4) is 0 Å². The maximum absolute atomic E-state index is 13.0. The summed E-state index contributed by atoms with van der Waals surface area (Å²) in [7, 11) is 0. The molecule has 6 aromatic carbocycles. The third kappa shape index (κ3) is 44.5. The van der Waals surface area contributed by atoms with Crippen molar-refractivity contribution in [2.24, 2.45) is 0 Å². The third-order valence-electron chi connectivity index (χ3n) is 9.87. The Morgan fingerprint density at radius 3 is 1.13 bits per heavy atom. The van der Waals surface area contributed by atoms with Crippen molar-refractivity contribution in [2.45, 2.75) is 106 Å². The summed E-state index contributed by atoms with van der Waals surface area (Å²) in [6.45, 7) is 0. The molecule has 6 aromatic rings. The van der Waals surface area contributed by atoms with Crippen LogP contribution in [0.25, 0.3) is 0 Å². The lowest BCUT2D eigenvalue weighted by Gasteiger charge is -2.03. The molecule has 6 rings (SSSR count). The number of carboxylic acid groups (broad SMARTS) is 6. The van der Waals surface area contributed by atoms with E-state index >= 15 is 0 Å². The Kier molecular flexibility index (Phi) is 45.1. The number of carboxylic acids is 6. The number of benzene rings is 6. The molecule has 0 bridgehead atoms. The maximum Gasteiger partial charge on any atom is 0.313 e. The fourth-order valence-corrected chi connectivity index (χ4v) is 12.0. The number of carbonyl (C=O) groups is 6. The first kappa shape index (κ1) is 79.1. The van der Waals surface area contributed by atoms with Crippen LogP contribution in [0, 0.1) is 23.3 Å². The lowest BCUT2D eigenvalue weighted by atomic mass is 10.2. The van der Waals surface area contributed by atoms with E-state index in [0.717, 1.165) is 67.9 Å². The van der Waals surface area contributed by atoms with Crippen LogP contribution in [0.4, 0.5) is 17.6 Å². The van der Waals surface area contributed by atoms with Crippen molar-refractivity contribution < 1.29 is 77.0 Å². The zero-order valence-corrected chi connectivity index (χ0v) is 54.0. The van der Waals surface area contributed by atoms with E-state index in [0.29, 0.717) is 67.1 Å². The topological polar surface area (TPSA) is 224 Å². The van der Waals surface area contributed by atoms with Crippen LogP contribution in [0.3, 0.4) is 0 Å². The van der Waals surface area contributed by atoms with Gasteiger partial charge >= 0.3 is 35.8 Å². The van der Waals surface area contributed by atoms with Crippen molar-refractivity contribution in [1.82, 2.24) is 0 Å². The van der Waals surface area contributed by atoms with Gasteiger partial charge in [0.2, 0.25) is 0 Å². The number of hydrogen-bond donors (Lipinski definition) is 6. The number of hydrogen-bond acceptors (Lipinski definition) is 12. The summed E-state index contributed by atoms with van der Waals surface area (Å²) in [5.41, 5.74) is 0. The number of halogens is 8. The molecule has 0 amide bonds. The van der Waals surface area contributed by atoms with Crippen LogP contribution in [0.15, 0.2) is 163 Å². The van der Waals surface area contributed by atoms with Crippen LogP contribution in [-0.2, 0) is 28.8 Å². The first-order valence-electron chi connectivity index (χ1n) is 25.9. The molecule has 0 heterocycles. The van der Waals surface area contributed by atoms with Gasteiger partial charge in [-0.2, -0.15) is 0 Å². The molecule has 0 aliphatic carbocycles. The summed E-state index contributed by atoms with van der Waals surface area (Å²) in [5.74, 6) is -2.11. The van der Waals surface area contributed by atoms with Crippen LogP contribution in [0.1, 0.15) is 77.0 Å². The molecule has 0 saturated heterocycles. The van der Waals surface area contributed by atoms with Crippen LogP contribution in [0.5, 0.6) is 0 Å². The molecule has 0 saturated carbocycles. The molecule has 0 radical (unpaired) electrons. The van der Waals surface area contributed by atoms with Crippen molar-refractivity contribution in [3.63, 3.8) is 0 Å². The highest BCUT2D eigenvalue weighted by Gasteiger charge is 2.07. The molecule has 0 unspecified atom stereocenters. The zero-order chi connectivity index (χ0) is 64.1. The summed E-state index contributed by atoms with van der Waals surface area (Å²) in [4.78, 5) is 66.2. The summed E-state index contributed by atoms with van der Waals surface area (Å²) < 4.78 is 51.1. The summed E-state index contributed by atoms with van der Waals surface area (Å²) >= 11 is 32.0. The van der Waals surface area contributed by atoms with E-state index in [1.165, 1.54) is 77.8 Å². The van der Waals surface area contributed by atoms with E-state index in [9.17, 15) is 46.3 Å². The lowest BCUT2D eigenvalue weighted by Crippen LogP contribution is -1.97. The molecule has 6 N–H and O–H groups in total. The van der Waals surface area contributed by atoms with Crippen molar-refractivity contribution in [2.75, 3.05) is 34.5 Å². The predicted molar refractivity (Wildman–Crippen MR) is 344 cm³/mol. The molecule has 26 heteroatoms. The monoisotopic (exact) mass is 1380 g/mol. The highest BCUT2D eigenvalue weighted by molar-refractivity contribution is 8.00. The first-order chi connectivity index (χ1) is 40.9. The van der Waals surface area contributed by atoms with Gasteiger partial charge in [0, 0.05) is 66.5 Å². The van der Waals surface area contributed by atoms with E-state index in [1.807, 2.05) is 18.2 Å². The van der Waals surface area contributed by atoms with Gasteiger partial charge in [-0.1, -0.05) is 83.2 Å². The van der Waals surface area contributed by atoms with Gasteiger partial charge in [0.25, 0.3) is 0 Å². The predicted octanol–water partition coefficient (Wildman–Crippen LogP) is 19.0. The quantitative estimate of drug-likeness (QED) is 0.0140. The largest absolute Gasteiger partial charge is 0.481 e. The highest BCUT2D eigenvalue weighted by atomic mass is 35.5. The van der Waals surface area contributed by atoms with E-state index in [4.69, 9.17) is 77.0 Å². The Labute approximate surface area is 543 Å². The maximum atomic E-state index is 13.0. The number of unbranched alkanes of at least 4 members (excludes halogenated alkanes) is 2. The third-order valence-corrected chi connectivity index (χ3v) is 17.8. The van der Waals surface area contributed by atoms with Crippen LogP contribution < -0.4 is 0 Å². The van der Waals surface area contributed by atoms with Gasteiger partial charge in [0.15, 0.2) is 0 Å². The molecule has 12 nitrogen and oxygen atoms in total. The van der Waals surface area contributed by atoms with Gasteiger partial charge in [-0.3, -0.25) is 28.8 Å². The average molecular weight is 1390 g/mol. The molecule has 0 atom stereocenters. The Bertz CT molecular complexity index is 2990. The average Bonchev–Trinajstić information content (AvgIpc) is 3.68. The fourth-order valence-electron chi connectivity index (χ4n) is 5.91. The number of aliphatic carboxylic acids is 6. The van der Waals surface area contributed by atoms with Gasteiger partial charge < -0.3 is 30.6 Å². The lowest BCUT2D eigenvalue weighted by molar-refractivity contribution is -0.138. The molecule has 0 spiro atoms. The van der Waals surface area contributed by atoms with Crippen molar-refractivity contribution in [1.29, 1.82) is 0 Å². The second-order valence-electron chi connectivity index (χ2n) is 17.1. The second kappa shape index (κ2) is 49.1. The Morgan fingerprint density at radius 2 is 0.709 bits per heavy atom. The van der Waals surface area contributed by atoms with E-state index < -0.39 is 35.8 Å². The molecular formula is C60H64Cl4F4O12S6. The SMILES string of the molecule is O=C(O)CCCCCSc1cccc(F)c1.O=C(O)CCCSc1cc(Cl)ccc1Cl.O=C(O)CCCSc1ccc(Cl)c(Cl)c1.O=C(O)CCCSc1cccc(F)c1.O=C(O)CCCSc1ccccc1F.O=C(O)CSc1cccc(F)c1. The van der Waals surface area contributed by atoms with Crippen LogP contribution >= 0.6 is 117 Å². The molecule has 86 heavy (non-hydrogen) atoms. The highest BCUT2D eigenvalue weighted by Crippen LogP contribution is 2.31. The standard InChI is InChI=1S/C12H15FO2S.2C10H10Cl2O2S.2C10H11FO2S.C8H7FO2S/c13-10-5-4-6-11(9-10)16-8-3-1-2-7-12(14)15;11-8-4-3-7(6-9(8)12)15-5-1-2-10(13)14;11-7-3-4-8(12)9(6-7)15-5-1-2-10(13)14;11-8-3-1-4-9(7-8)14-6-2-5-10(12)13;11-8-4-1-2-5-9(8)14-7-3-6-10(12)13;9-6-2-1-3-7(4-6)12-5-8(10)11/h4-6,9H,1-3,7-8H2,(H,14,15);2*3-4,6H,1-2,5H2,(H,13,14);1,3-4,7H,2,5-6H2,(H,12,13);1-2,4-5H,3,6-7H2,(H,12,13);1-4H,5H2,(H,10,11). The Morgan fingerprint density at radius 1 is 0.326 bits per heavy atom. The molecule has 0 aliphatic rings.